The highest BCUT2D eigenvalue weighted by Gasteiger charge is 2.34. The predicted octanol–water partition coefficient (Wildman–Crippen LogP) is 5.15. The lowest BCUT2D eigenvalue weighted by atomic mass is 10.1. The van der Waals surface area contributed by atoms with Gasteiger partial charge in [-0.15, -0.1) is 0 Å². The van der Waals surface area contributed by atoms with E-state index in [9.17, 15) is 4.79 Å². The van der Waals surface area contributed by atoms with E-state index in [0.29, 0.717) is 6.54 Å². The minimum atomic E-state index is -0.317. The molecule has 0 radical (unpaired) electrons. The molecule has 2 aromatic carbocycles. The Bertz CT molecular complexity index is 1050. The Labute approximate surface area is 170 Å². The Morgan fingerprint density at radius 1 is 1.21 bits per heavy atom. The summed E-state index contributed by atoms with van der Waals surface area (Å²) in [6.07, 6.45) is 2.14. The second-order valence-corrected chi connectivity index (χ2v) is 7.30. The van der Waals surface area contributed by atoms with Crippen molar-refractivity contribution in [2.45, 2.75) is 25.5 Å². The molecule has 0 unspecified atom stereocenters. The number of nitrogens with zero attached hydrogens (tertiary/aromatic N) is 2. The zero-order valence-corrected chi connectivity index (χ0v) is 16.7. The number of carbonyl (C=O) groups is 1. The molecule has 1 saturated heterocycles. The number of carbonyl (C=O) groups excluding carboxylic acids is 1. The predicted molar refractivity (Wildman–Crippen MR) is 115 cm³/mol. The van der Waals surface area contributed by atoms with Gasteiger partial charge >= 0.3 is 6.09 Å². The summed E-state index contributed by atoms with van der Waals surface area (Å²) in [6.45, 7) is 6.37. The molecule has 0 bridgehead atoms. The van der Waals surface area contributed by atoms with Crippen molar-refractivity contribution in [3.63, 3.8) is 0 Å². The summed E-state index contributed by atoms with van der Waals surface area (Å²) in [7, 11) is 1.41. The van der Waals surface area contributed by atoms with Crippen molar-refractivity contribution in [3.05, 3.63) is 66.7 Å². The van der Waals surface area contributed by atoms with E-state index in [1.54, 1.807) is 4.90 Å². The zero-order valence-electron chi connectivity index (χ0n) is 16.7. The van der Waals surface area contributed by atoms with Gasteiger partial charge in [-0.1, -0.05) is 49.1 Å². The number of amides is 1. The Kier molecular flexibility index (Phi) is 5.21. The molecule has 0 aliphatic carbocycles. The van der Waals surface area contributed by atoms with E-state index in [1.807, 2.05) is 67.6 Å². The molecular formula is C24H24N2O3. The Morgan fingerprint density at radius 2 is 2.00 bits per heavy atom. The zero-order chi connectivity index (χ0) is 20.4. The third kappa shape index (κ3) is 3.81. The standard InChI is InChI=1S/C24H24N2O3/c1-4-17-10-11-21-20(13-17)23(14-22(25-21)18-8-6-5-7-9-18)29-19-12-16(2)26(15-19)24(27)28-3/h4-11,13-14,16,19H,1,12,15H2,2-3H3/t16-,19-/m1/s1. The maximum Gasteiger partial charge on any atom is 0.409 e. The number of likely N-dealkylation sites (tertiary alicyclic amines) is 1. The summed E-state index contributed by atoms with van der Waals surface area (Å²) in [4.78, 5) is 18.5. The number of hydrogen-bond acceptors (Lipinski definition) is 4. The second-order valence-electron chi connectivity index (χ2n) is 7.30. The van der Waals surface area contributed by atoms with E-state index in [-0.39, 0.29) is 18.2 Å². The molecule has 0 saturated carbocycles. The lowest BCUT2D eigenvalue weighted by Gasteiger charge is -2.19. The van der Waals surface area contributed by atoms with E-state index in [2.05, 4.69) is 6.58 Å². The Hall–Kier alpha value is -3.34. The molecule has 5 nitrogen and oxygen atoms in total. The molecule has 29 heavy (non-hydrogen) atoms. The van der Waals surface area contributed by atoms with E-state index in [0.717, 1.165) is 39.9 Å². The van der Waals surface area contributed by atoms with Crippen molar-refractivity contribution in [3.8, 4) is 17.0 Å². The van der Waals surface area contributed by atoms with Crippen LogP contribution < -0.4 is 4.74 Å². The first-order chi connectivity index (χ1) is 14.1. The first-order valence-electron chi connectivity index (χ1n) is 9.73. The number of methoxy groups -OCH3 is 1. The van der Waals surface area contributed by atoms with Crippen molar-refractivity contribution in [2.75, 3.05) is 13.7 Å². The van der Waals surface area contributed by atoms with Crippen LogP contribution in [-0.2, 0) is 4.74 Å². The highest BCUT2D eigenvalue weighted by Crippen LogP contribution is 2.33. The summed E-state index contributed by atoms with van der Waals surface area (Å²) >= 11 is 0. The fourth-order valence-electron chi connectivity index (χ4n) is 3.81. The van der Waals surface area contributed by atoms with Gasteiger partial charge in [-0.05, 0) is 24.6 Å². The van der Waals surface area contributed by atoms with Crippen LogP contribution in [0.5, 0.6) is 5.75 Å². The molecule has 5 heteroatoms. The van der Waals surface area contributed by atoms with Crippen LogP contribution in [-0.4, -0.2) is 41.8 Å². The topological polar surface area (TPSA) is 51.7 Å². The molecule has 0 N–H and O–H groups in total. The Morgan fingerprint density at radius 3 is 2.72 bits per heavy atom. The van der Waals surface area contributed by atoms with Gasteiger partial charge in [-0.2, -0.15) is 0 Å². The van der Waals surface area contributed by atoms with Crippen LogP contribution in [0.3, 0.4) is 0 Å². The molecule has 1 aliphatic rings. The molecule has 1 fully saturated rings. The number of fused-ring (bicyclic) bond motifs is 1. The molecule has 2 atom stereocenters. The monoisotopic (exact) mass is 388 g/mol. The molecule has 2 heterocycles. The highest BCUT2D eigenvalue weighted by atomic mass is 16.5. The van der Waals surface area contributed by atoms with E-state index in [1.165, 1.54) is 7.11 Å². The first-order valence-corrected chi connectivity index (χ1v) is 9.73. The summed E-state index contributed by atoms with van der Waals surface area (Å²) in [5.41, 5.74) is 3.76. The fraction of sp³-hybridized carbons (Fsp3) is 0.250. The summed E-state index contributed by atoms with van der Waals surface area (Å²) in [5, 5.41) is 0.936. The molecule has 1 amide bonds. The quantitative estimate of drug-likeness (QED) is 0.620. The molecular weight excluding hydrogens is 364 g/mol. The van der Waals surface area contributed by atoms with Gasteiger partial charge in [-0.3, -0.25) is 0 Å². The van der Waals surface area contributed by atoms with E-state index in [4.69, 9.17) is 14.5 Å². The summed E-state index contributed by atoms with van der Waals surface area (Å²) in [6, 6.07) is 18.1. The van der Waals surface area contributed by atoms with Crippen molar-refractivity contribution in [1.29, 1.82) is 0 Å². The largest absolute Gasteiger partial charge is 0.488 e. The van der Waals surface area contributed by atoms with Crippen LogP contribution in [0.1, 0.15) is 18.9 Å². The van der Waals surface area contributed by atoms with E-state index < -0.39 is 0 Å². The minimum absolute atomic E-state index is 0.0675. The van der Waals surface area contributed by atoms with Crippen LogP contribution in [0.4, 0.5) is 4.79 Å². The van der Waals surface area contributed by atoms with Crippen LogP contribution in [0.2, 0.25) is 0 Å². The molecule has 4 rings (SSSR count). The SMILES string of the molecule is C=Cc1ccc2nc(-c3ccccc3)cc(O[C@@H]3C[C@@H](C)N(C(=O)OC)C3)c2c1. The number of ether oxygens (including phenoxy) is 2. The lowest BCUT2D eigenvalue weighted by Crippen LogP contribution is -2.34. The number of benzene rings is 2. The normalized spacial score (nSPS) is 18.6. The third-order valence-corrected chi connectivity index (χ3v) is 5.34. The number of hydrogen-bond donors (Lipinski definition) is 0. The van der Waals surface area contributed by atoms with Crippen LogP contribution >= 0.6 is 0 Å². The summed E-state index contributed by atoms with van der Waals surface area (Å²) in [5.74, 6) is 0.765. The van der Waals surface area contributed by atoms with Crippen molar-refractivity contribution < 1.29 is 14.3 Å². The minimum Gasteiger partial charge on any atom is -0.488 e. The van der Waals surface area contributed by atoms with Crippen molar-refractivity contribution in [2.24, 2.45) is 0 Å². The molecule has 1 aliphatic heterocycles. The van der Waals surface area contributed by atoms with Crippen LogP contribution in [0.25, 0.3) is 28.2 Å². The average Bonchev–Trinajstić information content (AvgIpc) is 3.13. The third-order valence-electron chi connectivity index (χ3n) is 5.34. The highest BCUT2D eigenvalue weighted by molar-refractivity contribution is 5.89. The Balaban J connectivity index is 1.73. The van der Waals surface area contributed by atoms with Gasteiger partial charge in [0.1, 0.15) is 11.9 Å². The number of rotatable bonds is 4. The smallest absolute Gasteiger partial charge is 0.409 e. The van der Waals surface area contributed by atoms with Gasteiger partial charge in [0.2, 0.25) is 0 Å². The molecule has 148 valence electrons. The number of aromatic nitrogens is 1. The van der Waals surface area contributed by atoms with Gasteiger partial charge in [0.25, 0.3) is 0 Å². The van der Waals surface area contributed by atoms with Gasteiger partial charge in [0, 0.05) is 29.5 Å². The second kappa shape index (κ2) is 7.95. The first kappa shape index (κ1) is 19.0. The van der Waals surface area contributed by atoms with Gasteiger partial charge in [-0.25, -0.2) is 9.78 Å². The molecule has 0 spiro atoms. The van der Waals surface area contributed by atoms with E-state index >= 15 is 0 Å². The van der Waals surface area contributed by atoms with Crippen molar-refractivity contribution >= 4 is 23.1 Å². The maximum atomic E-state index is 12.0. The van der Waals surface area contributed by atoms with Gasteiger partial charge in [0.05, 0.1) is 24.9 Å². The van der Waals surface area contributed by atoms with Crippen LogP contribution in [0.15, 0.2) is 61.2 Å². The lowest BCUT2D eigenvalue weighted by molar-refractivity contribution is 0.117. The van der Waals surface area contributed by atoms with Gasteiger partial charge < -0.3 is 14.4 Å². The summed E-state index contributed by atoms with van der Waals surface area (Å²) < 4.78 is 11.3. The maximum absolute atomic E-state index is 12.0. The average molecular weight is 388 g/mol. The van der Waals surface area contributed by atoms with Crippen LogP contribution in [0, 0.1) is 0 Å². The van der Waals surface area contributed by atoms with Gasteiger partial charge in [0.15, 0.2) is 0 Å². The molecule has 3 aromatic rings. The van der Waals surface area contributed by atoms with Crippen molar-refractivity contribution in [1.82, 2.24) is 9.88 Å². The fourth-order valence-corrected chi connectivity index (χ4v) is 3.81. The molecule has 1 aromatic heterocycles. The number of pyridine rings is 1.